The van der Waals surface area contributed by atoms with Crippen molar-refractivity contribution < 1.29 is 0 Å². The molecule has 1 aliphatic rings. The molecule has 3 unspecified atom stereocenters. The molecule has 90 valence electrons. The van der Waals surface area contributed by atoms with Crippen LogP contribution in [-0.2, 0) is 0 Å². The number of rotatable bonds is 3. The van der Waals surface area contributed by atoms with Gasteiger partial charge in [0.15, 0.2) is 0 Å². The highest BCUT2D eigenvalue weighted by atomic mass is 32.2. The molecule has 1 saturated heterocycles. The zero-order chi connectivity index (χ0) is 11.5. The van der Waals surface area contributed by atoms with E-state index in [2.05, 4.69) is 56.6 Å². The second kappa shape index (κ2) is 5.80. The van der Waals surface area contributed by atoms with Gasteiger partial charge in [-0.3, -0.25) is 11.3 Å². The van der Waals surface area contributed by atoms with Crippen LogP contribution in [0.15, 0.2) is 0 Å². The van der Waals surface area contributed by atoms with Gasteiger partial charge in [0.05, 0.1) is 0 Å². The fourth-order valence-electron chi connectivity index (χ4n) is 2.08. The Hall–Kier alpha value is 0.620. The van der Waals surface area contributed by atoms with E-state index < -0.39 is 0 Å². The molecule has 0 aromatic carbocycles. The summed E-state index contributed by atoms with van der Waals surface area (Å²) >= 11 is 4.21. The summed E-state index contributed by atoms with van der Waals surface area (Å²) in [6.07, 6.45) is 1.25. The summed E-state index contributed by atoms with van der Waals surface area (Å²) in [6.45, 7) is 9.09. The summed E-state index contributed by atoms with van der Waals surface area (Å²) in [7, 11) is 0. The van der Waals surface area contributed by atoms with E-state index in [-0.39, 0.29) is 5.41 Å². The second-order valence-corrected chi connectivity index (χ2v) is 7.80. The molecule has 0 aromatic rings. The van der Waals surface area contributed by atoms with Gasteiger partial charge >= 0.3 is 0 Å². The molecule has 0 aromatic heterocycles. The van der Waals surface area contributed by atoms with Crippen LogP contribution in [0, 0.1) is 5.41 Å². The lowest BCUT2D eigenvalue weighted by Crippen LogP contribution is -2.54. The Kier molecular flexibility index (Phi) is 5.29. The molecule has 3 N–H and O–H groups in total. The summed E-state index contributed by atoms with van der Waals surface area (Å²) in [4.78, 5) is 0. The van der Waals surface area contributed by atoms with Crippen molar-refractivity contribution in [2.45, 2.75) is 50.7 Å². The third-order valence-corrected chi connectivity index (χ3v) is 6.29. The number of thioether (sulfide) groups is 2. The number of nitrogens with two attached hydrogens (primary N) is 1. The molecule has 1 heterocycles. The number of nitrogens with one attached hydrogen (secondary N) is 1. The van der Waals surface area contributed by atoms with Crippen molar-refractivity contribution in [3.8, 4) is 0 Å². The first-order valence-corrected chi connectivity index (χ1v) is 7.79. The molecule has 1 rings (SSSR count). The molecule has 15 heavy (non-hydrogen) atoms. The number of hydrogen-bond donors (Lipinski definition) is 2. The largest absolute Gasteiger partial charge is 0.271 e. The fraction of sp³-hybridized carbons (Fsp3) is 1.00. The van der Waals surface area contributed by atoms with E-state index in [1.165, 1.54) is 17.9 Å². The van der Waals surface area contributed by atoms with Crippen LogP contribution in [-0.4, -0.2) is 28.0 Å². The molecular formula is C11H24N2S2. The Morgan fingerprint density at radius 3 is 2.40 bits per heavy atom. The molecule has 0 radical (unpaired) electrons. The van der Waals surface area contributed by atoms with E-state index in [4.69, 9.17) is 5.84 Å². The summed E-state index contributed by atoms with van der Waals surface area (Å²) in [6, 6.07) is 0.403. The van der Waals surface area contributed by atoms with Gasteiger partial charge < -0.3 is 0 Å². The van der Waals surface area contributed by atoms with Crippen molar-refractivity contribution >= 4 is 23.5 Å². The highest BCUT2D eigenvalue weighted by Crippen LogP contribution is 2.39. The Labute approximate surface area is 102 Å². The van der Waals surface area contributed by atoms with Gasteiger partial charge in [0.25, 0.3) is 0 Å². The number of hydrazine groups is 1. The van der Waals surface area contributed by atoms with Gasteiger partial charge in [-0.1, -0.05) is 27.7 Å². The van der Waals surface area contributed by atoms with Gasteiger partial charge in [0.2, 0.25) is 0 Å². The predicted molar refractivity (Wildman–Crippen MR) is 73.3 cm³/mol. The third-order valence-electron chi connectivity index (χ3n) is 2.94. The van der Waals surface area contributed by atoms with Crippen LogP contribution in [0.2, 0.25) is 0 Å². The summed E-state index contributed by atoms with van der Waals surface area (Å²) < 4.78 is 0. The van der Waals surface area contributed by atoms with Crippen LogP contribution in [0.1, 0.15) is 34.1 Å². The lowest BCUT2D eigenvalue weighted by Gasteiger charge is -2.41. The molecule has 0 saturated carbocycles. The van der Waals surface area contributed by atoms with Crippen LogP contribution in [0.5, 0.6) is 0 Å². The molecule has 1 fully saturated rings. The molecule has 2 nitrogen and oxygen atoms in total. The average Bonchev–Trinajstić information content (AvgIpc) is 2.17. The van der Waals surface area contributed by atoms with Gasteiger partial charge in [0.1, 0.15) is 0 Å². The Morgan fingerprint density at radius 1 is 1.33 bits per heavy atom. The smallest absolute Gasteiger partial charge is 0.0388 e. The Bertz CT molecular complexity index is 192. The molecule has 0 amide bonds. The van der Waals surface area contributed by atoms with E-state index in [1.807, 2.05) is 0 Å². The minimum atomic E-state index is 0.234. The normalized spacial score (nSPS) is 30.2. The van der Waals surface area contributed by atoms with Crippen molar-refractivity contribution in [3.05, 3.63) is 0 Å². The molecule has 0 bridgehead atoms. The minimum absolute atomic E-state index is 0.234. The highest BCUT2D eigenvalue weighted by molar-refractivity contribution is 8.07. The van der Waals surface area contributed by atoms with E-state index in [0.717, 1.165) is 5.25 Å². The molecule has 0 aliphatic carbocycles. The molecule has 0 spiro atoms. The van der Waals surface area contributed by atoms with Crippen molar-refractivity contribution in [2.24, 2.45) is 11.3 Å². The first-order chi connectivity index (χ1) is 7.00. The summed E-state index contributed by atoms with van der Waals surface area (Å²) in [5.74, 6) is 8.29. The zero-order valence-corrected chi connectivity index (χ0v) is 11.9. The van der Waals surface area contributed by atoms with Gasteiger partial charge in [-0.2, -0.15) is 23.5 Å². The predicted octanol–water partition coefficient (Wildman–Crippen LogP) is 2.49. The molecule has 1 aliphatic heterocycles. The van der Waals surface area contributed by atoms with Crippen LogP contribution < -0.4 is 11.3 Å². The van der Waals surface area contributed by atoms with Gasteiger partial charge in [0, 0.05) is 28.0 Å². The van der Waals surface area contributed by atoms with Gasteiger partial charge in [-0.15, -0.1) is 0 Å². The standard InChI is InChI=1S/C11H24N2S2/c1-5-8-9(15-7-6-14-8)10(13-12)11(2,3)4/h8-10,13H,5-7,12H2,1-4H3. The topological polar surface area (TPSA) is 38.0 Å². The lowest BCUT2D eigenvalue weighted by molar-refractivity contribution is 0.261. The maximum atomic E-state index is 5.73. The van der Waals surface area contributed by atoms with E-state index in [0.29, 0.717) is 11.3 Å². The second-order valence-electron chi connectivity index (χ2n) is 5.16. The molecule has 3 atom stereocenters. The molecular weight excluding hydrogens is 224 g/mol. The molecule has 4 heteroatoms. The van der Waals surface area contributed by atoms with Crippen LogP contribution >= 0.6 is 23.5 Å². The summed E-state index contributed by atoms with van der Waals surface area (Å²) in [5.41, 5.74) is 3.28. The zero-order valence-electron chi connectivity index (χ0n) is 10.2. The Balaban J connectivity index is 2.72. The van der Waals surface area contributed by atoms with Crippen LogP contribution in [0.3, 0.4) is 0 Å². The SMILES string of the molecule is CCC1SCCSC1C(NN)C(C)(C)C. The minimum Gasteiger partial charge on any atom is -0.271 e. The quantitative estimate of drug-likeness (QED) is 0.594. The van der Waals surface area contributed by atoms with Crippen LogP contribution in [0.25, 0.3) is 0 Å². The van der Waals surface area contributed by atoms with E-state index >= 15 is 0 Å². The third kappa shape index (κ3) is 3.55. The maximum Gasteiger partial charge on any atom is 0.0388 e. The van der Waals surface area contributed by atoms with Gasteiger partial charge in [-0.25, -0.2) is 0 Å². The first kappa shape index (κ1) is 13.7. The van der Waals surface area contributed by atoms with Crippen molar-refractivity contribution in [3.63, 3.8) is 0 Å². The fourth-order valence-corrected chi connectivity index (χ4v) is 5.57. The van der Waals surface area contributed by atoms with Crippen molar-refractivity contribution in [1.82, 2.24) is 5.43 Å². The highest BCUT2D eigenvalue weighted by Gasteiger charge is 2.37. The monoisotopic (exact) mass is 248 g/mol. The first-order valence-electron chi connectivity index (χ1n) is 5.70. The maximum absolute atomic E-state index is 5.73. The van der Waals surface area contributed by atoms with Gasteiger partial charge in [-0.05, 0) is 11.8 Å². The Morgan fingerprint density at radius 2 is 1.93 bits per heavy atom. The lowest BCUT2D eigenvalue weighted by atomic mass is 9.83. The number of hydrogen-bond acceptors (Lipinski definition) is 4. The summed E-state index contributed by atoms with van der Waals surface area (Å²) in [5, 5.41) is 1.41. The van der Waals surface area contributed by atoms with Crippen molar-refractivity contribution in [1.29, 1.82) is 0 Å². The van der Waals surface area contributed by atoms with Crippen LogP contribution in [0.4, 0.5) is 0 Å². The van der Waals surface area contributed by atoms with E-state index in [1.54, 1.807) is 0 Å². The van der Waals surface area contributed by atoms with E-state index in [9.17, 15) is 0 Å². The average molecular weight is 248 g/mol. The van der Waals surface area contributed by atoms with Crippen molar-refractivity contribution in [2.75, 3.05) is 11.5 Å².